The van der Waals surface area contributed by atoms with E-state index in [-0.39, 0.29) is 23.0 Å². The molecule has 27 heavy (non-hydrogen) atoms. The molecule has 0 heterocycles. The summed E-state index contributed by atoms with van der Waals surface area (Å²) in [5.41, 5.74) is 1.04. The van der Waals surface area contributed by atoms with Gasteiger partial charge in [0, 0.05) is 0 Å². The number of unbranched alkanes of at least 4 members (excludes halogenated alkanes) is 9. The Morgan fingerprint density at radius 3 is 1.93 bits per heavy atom. The molecule has 0 radical (unpaired) electrons. The maximum atomic E-state index is 12.1. The van der Waals surface area contributed by atoms with Gasteiger partial charge >= 0.3 is 5.97 Å². The number of ether oxygens (including phenoxy) is 1. The molecule has 0 fully saturated rings. The van der Waals surface area contributed by atoms with Crippen LogP contribution in [-0.4, -0.2) is 37.6 Å². The maximum Gasteiger partial charge on any atom is 0.362 e. The van der Waals surface area contributed by atoms with Gasteiger partial charge in [-0.3, -0.25) is 0 Å². The number of esters is 1. The SMILES string of the molecule is CCCCCCCCCCCC[N+](C)(C)CC(=O)OCc1ccccc1.[Br-]. The fourth-order valence-electron chi connectivity index (χ4n) is 3.24. The molecule has 1 rings (SSSR count). The van der Waals surface area contributed by atoms with Gasteiger partial charge in [-0.1, -0.05) is 88.6 Å². The first-order chi connectivity index (χ1) is 12.5. The smallest absolute Gasteiger partial charge is 0.362 e. The lowest BCUT2D eigenvalue weighted by molar-refractivity contribution is -0.883. The molecule has 0 aliphatic rings. The standard InChI is InChI=1S/C23H40NO2.BrH/c1-4-5-6-7-8-9-10-11-12-16-19-24(2,3)20-23(25)26-21-22-17-14-13-15-18-22;/h13-15,17-18H,4-12,16,19-21H2,1-3H3;1H/q+1;/p-1. The molecule has 0 N–H and O–H groups in total. The third-order valence-electron chi connectivity index (χ3n) is 4.92. The van der Waals surface area contributed by atoms with E-state index >= 15 is 0 Å². The molecule has 1 aromatic rings. The van der Waals surface area contributed by atoms with Crippen molar-refractivity contribution in [1.82, 2.24) is 0 Å². The lowest BCUT2D eigenvalue weighted by atomic mass is 10.1. The minimum atomic E-state index is -0.106. The molecule has 3 nitrogen and oxygen atoms in total. The summed E-state index contributed by atoms with van der Waals surface area (Å²) in [7, 11) is 4.25. The third-order valence-corrected chi connectivity index (χ3v) is 4.92. The number of likely N-dealkylation sites (N-methyl/N-ethyl adjacent to an activating group) is 1. The first kappa shape index (κ1) is 26.1. The summed E-state index contributed by atoms with van der Waals surface area (Å²) < 4.78 is 6.12. The Balaban J connectivity index is 0.00000676. The van der Waals surface area contributed by atoms with Crippen molar-refractivity contribution >= 4 is 5.97 Å². The largest absolute Gasteiger partial charge is 1.00 e. The van der Waals surface area contributed by atoms with E-state index in [1.807, 2.05) is 30.3 Å². The molecule has 156 valence electrons. The van der Waals surface area contributed by atoms with Crippen LogP contribution in [0.15, 0.2) is 30.3 Å². The van der Waals surface area contributed by atoms with Gasteiger partial charge in [-0.05, 0) is 18.4 Å². The van der Waals surface area contributed by atoms with E-state index in [4.69, 9.17) is 4.74 Å². The predicted octanol–water partition coefficient (Wildman–Crippen LogP) is 2.73. The van der Waals surface area contributed by atoms with Crippen molar-refractivity contribution in [2.24, 2.45) is 0 Å². The minimum Gasteiger partial charge on any atom is -1.00 e. The fourth-order valence-corrected chi connectivity index (χ4v) is 3.24. The van der Waals surface area contributed by atoms with Crippen LogP contribution in [0.5, 0.6) is 0 Å². The van der Waals surface area contributed by atoms with Crippen LogP contribution in [0.1, 0.15) is 76.7 Å². The molecular weight excluding hydrogens is 402 g/mol. The zero-order valence-electron chi connectivity index (χ0n) is 17.7. The third kappa shape index (κ3) is 14.8. The van der Waals surface area contributed by atoms with E-state index < -0.39 is 0 Å². The fraction of sp³-hybridized carbons (Fsp3) is 0.696. The van der Waals surface area contributed by atoms with Crippen molar-refractivity contribution in [3.8, 4) is 0 Å². The highest BCUT2D eigenvalue weighted by Gasteiger charge is 2.20. The molecule has 0 saturated carbocycles. The molecule has 0 bridgehead atoms. The van der Waals surface area contributed by atoms with Crippen LogP contribution >= 0.6 is 0 Å². The van der Waals surface area contributed by atoms with Crippen LogP contribution in [-0.2, 0) is 16.1 Å². The van der Waals surface area contributed by atoms with Crippen LogP contribution in [0.3, 0.4) is 0 Å². The Hall–Kier alpha value is -0.870. The van der Waals surface area contributed by atoms with Crippen LogP contribution < -0.4 is 17.0 Å². The van der Waals surface area contributed by atoms with E-state index in [0.29, 0.717) is 17.6 Å². The van der Waals surface area contributed by atoms with E-state index in [9.17, 15) is 4.79 Å². The van der Waals surface area contributed by atoms with Gasteiger partial charge in [0.1, 0.15) is 6.61 Å². The zero-order chi connectivity index (χ0) is 19.1. The molecule has 4 heteroatoms. The average Bonchev–Trinajstić information content (AvgIpc) is 2.62. The summed E-state index contributed by atoms with van der Waals surface area (Å²) >= 11 is 0. The zero-order valence-corrected chi connectivity index (χ0v) is 19.3. The summed E-state index contributed by atoms with van der Waals surface area (Å²) in [5, 5.41) is 0. The summed E-state index contributed by atoms with van der Waals surface area (Å²) in [5.74, 6) is -0.106. The number of hydrogen-bond acceptors (Lipinski definition) is 2. The second kappa shape index (κ2) is 16.1. The molecule has 0 spiro atoms. The first-order valence-electron chi connectivity index (χ1n) is 10.5. The van der Waals surface area contributed by atoms with Gasteiger partial charge < -0.3 is 26.2 Å². The lowest BCUT2D eigenvalue weighted by Crippen LogP contribution is -3.00. The summed E-state index contributed by atoms with van der Waals surface area (Å²) in [6, 6.07) is 9.87. The number of rotatable bonds is 15. The molecule has 0 unspecified atom stereocenters. The first-order valence-corrected chi connectivity index (χ1v) is 10.5. The molecule has 0 aliphatic carbocycles. The van der Waals surface area contributed by atoms with Crippen molar-refractivity contribution in [3.63, 3.8) is 0 Å². The van der Waals surface area contributed by atoms with E-state index in [2.05, 4.69) is 21.0 Å². The van der Waals surface area contributed by atoms with Gasteiger partial charge in [0.25, 0.3) is 0 Å². The van der Waals surface area contributed by atoms with Gasteiger partial charge in [-0.25, -0.2) is 4.79 Å². The number of hydrogen-bond donors (Lipinski definition) is 0. The Kier molecular flexibility index (Phi) is 15.6. The normalized spacial score (nSPS) is 11.1. The summed E-state index contributed by atoms with van der Waals surface area (Å²) in [6.07, 6.45) is 13.5. The van der Waals surface area contributed by atoms with Crippen molar-refractivity contribution < 1.29 is 31.0 Å². The number of halogens is 1. The van der Waals surface area contributed by atoms with Crippen molar-refractivity contribution in [2.75, 3.05) is 27.2 Å². The van der Waals surface area contributed by atoms with Gasteiger partial charge in [0.2, 0.25) is 0 Å². The second-order valence-corrected chi connectivity index (χ2v) is 8.15. The van der Waals surface area contributed by atoms with Crippen molar-refractivity contribution in [3.05, 3.63) is 35.9 Å². The second-order valence-electron chi connectivity index (χ2n) is 8.15. The number of nitrogens with zero attached hydrogens (tertiary/aromatic N) is 1. The topological polar surface area (TPSA) is 26.3 Å². The molecule has 1 aromatic carbocycles. The average molecular weight is 442 g/mol. The molecular formula is C23H40BrNO2. The van der Waals surface area contributed by atoms with Crippen molar-refractivity contribution in [2.45, 2.75) is 77.7 Å². The van der Waals surface area contributed by atoms with Gasteiger partial charge in [-0.15, -0.1) is 0 Å². The van der Waals surface area contributed by atoms with Crippen LogP contribution in [0.2, 0.25) is 0 Å². The molecule has 0 aliphatic heterocycles. The van der Waals surface area contributed by atoms with Crippen molar-refractivity contribution in [1.29, 1.82) is 0 Å². The number of carbonyl (C=O) groups excluding carboxylic acids is 1. The molecule has 0 saturated heterocycles. The summed E-state index contributed by atoms with van der Waals surface area (Å²) in [6.45, 7) is 4.13. The van der Waals surface area contributed by atoms with Gasteiger partial charge in [-0.2, -0.15) is 0 Å². The highest BCUT2D eigenvalue weighted by atomic mass is 79.9. The van der Waals surface area contributed by atoms with Gasteiger partial charge in [0.15, 0.2) is 6.54 Å². The Bertz CT molecular complexity index is 477. The van der Waals surface area contributed by atoms with Crippen LogP contribution in [0, 0.1) is 0 Å². The predicted molar refractivity (Wildman–Crippen MR) is 110 cm³/mol. The number of carbonyl (C=O) groups is 1. The monoisotopic (exact) mass is 441 g/mol. The highest BCUT2D eigenvalue weighted by molar-refractivity contribution is 5.70. The Morgan fingerprint density at radius 1 is 0.852 bits per heavy atom. The highest BCUT2D eigenvalue weighted by Crippen LogP contribution is 2.12. The molecule has 0 atom stereocenters. The molecule has 0 amide bonds. The number of quaternary nitrogens is 1. The van der Waals surface area contributed by atoms with Crippen LogP contribution in [0.25, 0.3) is 0 Å². The lowest BCUT2D eigenvalue weighted by Gasteiger charge is -2.28. The van der Waals surface area contributed by atoms with Gasteiger partial charge in [0.05, 0.1) is 20.6 Å². The minimum absolute atomic E-state index is 0. The van der Waals surface area contributed by atoms with E-state index in [1.54, 1.807) is 0 Å². The van der Waals surface area contributed by atoms with Crippen LogP contribution in [0.4, 0.5) is 0 Å². The number of benzene rings is 1. The quantitative estimate of drug-likeness (QED) is 0.237. The van der Waals surface area contributed by atoms with E-state index in [1.165, 1.54) is 64.2 Å². The Morgan fingerprint density at radius 2 is 1.37 bits per heavy atom. The van der Waals surface area contributed by atoms with E-state index in [0.717, 1.165) is 12.1 Å². The summed E-state index contributed by atoms with van der Waals surface area (Å²) in [4.78, 5) is 12.1. The molecule has 0 aromatic heterocycles. The maximum absolute atomic E-state index is 12.1. The Labute approximate surface area is 177 Å².